The summed E-state index contributed by atoms with van der Waals surface area (Å²) in [6.45, 7) is 3.92. The molecule has 1 heteroatoms. The fraction of sp³-hybridized carbons (Fsp3) is 0.154. The molecule has 0 aliphatic heterocycles. The molecular formula is C13H15N. The number of aliphatic imine (C=N–C) groups is 1. The minimum atomic E-state index is 0.992. The predicted octanol–water partition coefficient (Wildman–Crippen LogP) is 3.69. The van der Waals surface area contributed by atoms with E-state index in [1.165, 1.54) is 0 Å². The smallest absolute Gasteiger partial charge is 0.0697 e. The van der Waals surface area contributed by atoms with Gasteiger partial charge in [0.05, 0.1) is 5.70 Å². The number of rotatable bonds is 3. The normalized spacial score (nSPS) is 12.9. The largest absolute Gasteiger partial charge is 0.261 e. The Balaban J connectivity index is 3.00. The van der Waals surface area contributed by atoms with Crippen molar-refractivity contribution in [3.8, 4) is 0 Å². The fourth-order valence-electron chi connectivity index (χ4n) is 1.15. The molecule has 1 aromatic carbocycles. The van der Waals surface area contributed by atoms with Crippen LogP contribution in [0.4, 0.5) is 0 Å². The van der Waals surface area contributed by atoms with Gasteiger partial charge in [-0.25, -0.2) is 0 Å². The van der Waals surface area contributed by atoms with E-state index in [2.05, 4.69) is 17.1 Å². The van der Waals surface area contributed by atoms with Crippen LogP contribution in [0.25, 0.3) is 5.70 Å². The first-order valence-corrected chi connectivity index (χ1v) is 4.75. The summed E-state index contributed by atoms with van der Waals surface area (Å²) in [7, 11) is 0. The Morgan fingerprint density at radius 2 is 1.86 bits per heavy atom. The van der Waals surface area contributed by atoms with Gasteiger partial charge in [-0.15, -0.1) is 0 Å². The molecule has 0 saturated carbocycles. The Hall–Kier alpha value is -1.63. The minimum absolute atomic E-state index is 0.992. The van der Waals surface area contributed by atoms with Gasteiger partial charge in [-0.3, -0.25) is 4.99 Å². The van der Waals surface area contributed by atoms with Gasteiger partial charge < -0.3 is 0 Å². The van der Waals surface area contributed by atoms with Crippen LogP contribution < -0.4 is 0 Å². The highest BCUT2D eigenvalue weighted by Gasteiger charge is 1.94. The van der Waals surface area contributed by atoms with Gasteiger partial charge in [0, 0.05) is 11.8 Å². The first-order chi connectivity index (χ1) is 6.88. The van der Waals surface area contributed by atoms with E-state index >= 15 is 0 Å². The van der Waals surface area contributed by atoms with E-state index in [1.807, 2.05) is 56.5 Å². The molecular weight excluding hydrogens is 170 g/mol. The SMILES string of the molecule is C\C=C/C=C(\N=C/C)c1ccccc1. The molecule has 1 nitrogen and oxygen atoms in total. The average Bonchev–Trinajstić information content (AvgIpc) is 2.25. The summed E-state index contributed by atoms with van der Waals surface area (Å²) >= 11 is 0. The van der Waals surface area contributed by atoms with Crippen molar-refractivity contribution in [1.82, 2.24) is 0 Å². The first kappa shape index (κ1) is 10.5. The van der Waals surface area contributed by atoms with E-state index < -0.39 is 0 Å². The summed E-state index contributed by atoms with van der Waals surface area (Å²) in [6, 6.07) is 10.2. The van der Waals surface area contributed by atoms with Gasteiger partial charge in [0.15, 0.2) is 0 Å². The van der Waals surface area contributed by atoms with Gasteiger partial charge in [0.2, 0.25) is 0 Å². The van der Waals surface area contributed by atoms with Crippen molar-refractivity contribution in [1.29, 1.82) is 0 Å². The first-order valence-electron chi connectivity index (χ1n) is 4.75. The quantitative estimate of drug-likeness (QED) is 0.503. The Labute approximate surface area is 85.5 Å². The van der Waals surface area contributed by atoms with Crippen LogP contribution in [0, 0.1) is 0 Å². The Kier molecular flexibility index (Phi) is 4.42. The lowest BCUT2D eigenvalue weighted by Gasteiger charge is -1.99. The van der Waals surface area contributed by atoms with Crippen LogP contribution >= 0.6 is 0 Å². The van der Waals surface area contributed by atoms with Crippen LogP contribution in [0.2, 0.25) is 0 Å². The molecule has 0 N–H and O–H groups in total. The number of allylic oxidation sites excluding steroid dienone is 3. The topological polar surface area (TPSA) is 12.4 Å². The highest BCUT2D eigenvalue weighted by molar-refractivity contribution is 5.73. The molecule has 0 aliphatic carbocycles. The molecule has 1 aromatic rings. The molecule has 1 rings (SSSR count). The molecule has 0 spiro atoms. The van der Waals surface area contributed by atoms with Crippen LogP contribution in [-0.4, -0.2) is 6.21 Å². The second-order valence-corrected chi connectivity index (χ2v) is 2.83. The second kappa shape index (κ2) is 5.92. The molecule has 0 unspecified atom stereocenters. The van der Waals surface area contributed by atoms with Gasteiger partial charge in [-0.05, 0) is 19.9 Å². The molecule has 0 radical (unpaired) electrons. The molecule has 0 bridgehead atoms. The summed E-state index contributed by atoms with van der Waals surface area (Å²) in [5.41, 5.74) is 2.13. The van der Waals surface area contributed by atoms with Crippen molar-refractivity contribution < 1.29 is 0 Å². The van der Waals surface area contributed by atoms with E-state index in [9.17, 15) is 0 Å². The lowest BCUT2D eigenvalue weighted by atomic mass is 10.1. The zero-order chi connectivity index (χ0) is 10.2. The summed E-state index contributed by atoms with van der Waals surface area (Å²) in [6.07, 6.45) is 7.81. The van der Waals surface area contributed by atoms with E-state index in [0.29, 0.717) is 0 Å². The number of nitrogens with zero attached hydrogens (tertiary/aromatic N) is 1. The van der Waals surface area contributed by atoms with Crippen molar-refractivity contribution in [2.45, 2.75) is 13.8 Å². The monoisotopic (exact) mass is 185 g/mol. The summed E-state index contributed by atoms with van der Waals surface area (Å²) in [5.74, 6) is 0. The van der Waals surface area contributed by atoms with E-state index in [4.69, 9.17) is 0 Å². The summed E-state index contributed by atoms with van der Waals surface area (Å²) in [5, 5.41) is 0. The van der Waals surface area contributed by atoms with Gasteiger partial charge in [0.25, 0.3) is 0 Å². The molecule has 0 atom stereocenters. The van der Waals surface area contributed by atoms with Crippen LogP contribution in [0.15, 0.2) is 53.6 Å². The van der Waals surface area contributed by atoms with Crippen LogP contribution in [0.5, 0.6) is 0 Å². The summed E-state index contributed by atoms with van der Waals surface area (Å²) < 4.78 is 0. The highest BCUT2D eigenvalue weighted by Crippen LogP contribution is 2.14. The maximum Gasteiger partial charge on any atom is 0.0697 e. The van der Waals surface area contributed by atoms with E-state index in [0.717, 1.165) is 11.3 Å². The molecule has 0 saturated heterocycles. The Morgan fingerprint density at radius 1 is 1.14 bits per heavy atom. The van der Waals surface area contributed by atoms with Crippen molar-refractivity contribution in [3.63, 3.8) is 0 Å². The molecule has 0 heterocycles. The Bertz CT molecular complexity index is 345. The number of benzene rings is 1. The van der Waals surface area contributed by atoms with E-state index in [1.54, 1.807) is 0 Å². The minimum Gasteiger partial charge on any atom is -0.261 e. The van der Waals surface area contributed by atoms with Crippen molar-refractivity contribution >= 4 is 11.9 Å². The van der Waals surface area contributed by atoms with Gasteiger partial charge in [-0.1, -0.05) is 42.5 Å². The third kappa shape index (κ3) is 3.02. The number of hydrogen-bond acceptors (Lipinski definition) is 1. The molecule has 72 valence electrons. The maximum absolute atomic E-state index is 4.32. The summed E-state index contributed by atoms with van der Waals surface area (Å²) in [4.78, 5) is 4.32. The lowest BCUT2D eigenvalue weighted by molar-refractivity contribution is 1.50. The van der Waals surface area contributed by atoms with Crippen LogP contribution in [0.3, 0.4) is 0 Å². The van der Waals surface area contributed by atoms with Crippen molar-refractivity contribution in [2.24, 2.45) is 4.99 Å². The van der Waals surface area contributed by atoms with E-state index in [-0.39, 0.29) is 0 Å². The fourth-order valence-corrected chi connectivity index (χ4v) is 1.15. The average molecular weight is 185 g/mol. The van der Waals surface area contributed by atoms with Gasteiger partial charge in [0.1, 0.15) is 0 Å². The number of hydrogen-bond donors (Lipinski definition) is 0. The van der Waals surface area contributed by atoms with Crippen molar-refractivity contribution in [2.75, 3.05) is 0 Å². The predicted molar refractivity (Wildman–Crippen MR) is 63.4 cm³/mol. The van der Waals surface area contributed by atoms with Gasteiger partial charge >= 0.3 is 0 Å². The van der Waals surface area contributed by atoms with Gasteiger partial charge in [-0.2, -0.15) is 0 Å². The third-order valence-corrected chi connectivity index (χ3v) is 1.78. The van der Waals surface area contributed by atoms with Crippen molar-refractivity contribution in [3.05, 3.63) is 54.1 Å². The molecule has 0 fully saturated rings. The second-order valence-electron chi connectivity index (χ2n) is 2.83. The Morgan fingerprint density at radius 3 is 2.43 bits per heavy atom. The van der Waals surface area contributed by atoms with Crippen LogP contribution in [0.1, 0.15) is 19.4 Å². The lowest BCUT2D eigenvalue weighted by Crippen LogP contribution is -1.79. The van der Waals surface area contributed by atoms with Crippen LogP contribution in [-0.2, 0) is 0 Å². The standard InChI is InChI=1S/C13H15N/c1-3-5-11-13(14-4-2)12-9-7-6-8-10-12/h3-11H,1-2H3/b5-3-,13-11-,14-4-. The zero-order valence-electron chi connectivity index (χ0n) is 8.64. The molecule has 14 heavy (non-hydrogen) atoms. The zero-order valence-corrected chi connectivity index (χ0v) is 8.64. The molecule has 0 amide bonds. The highest BCUT2D eigenvalue weighted by atomic mass is 14.7. The maximum atomic E-state index is 4.32. The molecule has 0 aromatic heterocycles. The third-order valence-electron chi connectivity index (χ3n) is 1.78. The molecule has 0 aliphatic rings.